The largest absolute Gasteiger partial charge is 0.494 e. The molecule has 0 aliphatic carbocycles. The van der Waals surface area contributed by atoms with Crippen molar-refractivity contribution in [3.63, 3.8) is 0 Å². The predicted octanol–water partition coefficient (Wildman–Crippen LogP) is 2.60. The Morgan fingerprint density at radius 3 is 2.52 bits per heavy atom. The molecular formula is C12H13ClFN3O3S. The number of methoxy groups -OCH3 is 1. The van der Waals surface area contributed by atoms with Crippen LogP contribution in [0, 0.1) is 5.82 Å². The number of nitrogens with zero attached hydrogens (tertiary/aromatic N) is 3. The van der Waals surface area contributed by atoms with Crippen molar-refractivity contribution in [2.75, 3.05) is 7.11 Å². The van der Waals surface area contributed by atoms with Gasteiger partial charge in [0, 0.05) is 22.3 Å². The molecule has 0 saturated heterocycles. The first kappa shape index (κ1) is 15.7. The van der Waals surface area contributed by atoms with E-state index in [1.54, 1.807) is 13.8 Å². The molecule has 0 saturated carbocycles. The zero-order chi connectivity index (χ0) is 15.8. The fraction of sp³-hybridized carbons (Fsp3) is 0.333. The lowest BCUT2D eigenvalue weighted by Crippen LogP contribution is -2.10. The van der Waals surface area contributed by atoms with Crippen molar-refractivity contribution in [1.82, 2.24) is 14.8 Å². The van der Waals surface area contributed by atoms with E-state index in [1.807, 2.05) is 0 Å². The highest BCUT2D eigenvalue weighted by molar-refractivity contribution is 8.13. The quantitative estimate of drug-likeness (QED) is 0.804. The van der Waals surface area contributed by atoms with Gasteiger partial charge in [-0.05, 0) is 32.0 Å². The molecule has 0 aliphatic heterocycles. The summed E-state index contributed by atoms with van der Waals surface area (Å²) in [6.45, 7) is 3.53. The first-order valence-electron chi connectivity index (χ1n) is 5.99. The summed E-state index contributed by atoms with van der Waals surface area (Å²) in [5.41, 5.74) is 0.473. The van der Waals surface area contributed by atoms with Crippen LogP contribution in [0.15, 0.2) is 23.4 Å². The topological polar surface area (TPSA) is 74.1 Å². The number of benzene rings is 1. The third-order valence-electron chi connectivity index (χ3n) is 2.81. The molecule has 1 aromatic heterocycles. The van der Waals surface area contributed by atoms with Crippen molar-refractivity contribution in [1.29, 1.82) is 0 Å². The summed E-state index contributed by atoms with van der Waals surface area (Å²) < 4.78 is 42.8. The summed E-state index contributed by atoms with van der Waals surface area (Å²) in [4.78, 5) is 0. The molecule has 0 fully saturated rings. The van der Waals surface area contributed by atoms with E-state index >= 15 is 0 Å². The second kappa shape index (κ2) is 5.61. The molecule has 0 bridgehead atoms. The lowest BCUT2D eigenvalue weighted by molar-refractivity contribution is 0.386. The lowest BCUT2D eigenvalue weighted by Gasteiger charge is -2.13. The van der Waals surface area contributed by atoms with E-state index in [0.717, 1.165) is 0 Å². The van der Waals surface area contributed by atoms with Crippen LogP contribution in [-0.2, 0) is 9.05 Å². The third kappa shape index (κ3) is 3.01. The molecule has 0 spiro atoms. The van der Waals surface area contributed by atoms with Gasteiger partial charge in [0.1, 0.15) is 0 Å². The van der Waals surface area contributed by atoms with E-state index in [-0.39, 0.29) is 22.8 Å². The van der Waals surface area contributed by atoms with E-state index in [1.165, 1.54) is 29.9 Å². The summed E-state index contributed by atoms with van der Waals surface area (Å²) in [7, 11) is 2.66. The van der Waals surface area contributed by atoms with Gasteiger partial charge in [-0.3, -0.25) is 4.57 Å². The molecule has 1 heterocycles. The third-order valence-corrected chi connectivity index (χ3v) is 3.94. The zero-order valence-corrected chi connectivity index (χ0v) is 13.1. The number of halogens is 2. The molecule has 6 nitrogen and oxygen atoms in total. The Morgan fingerprint density at radius 2 is 2.00 bits per heavy atom. The Bertz CT molecular complexity index is 774. The van der Waals surface area contributed by atoms with Crippen molar-refractivity contribution in [2.45, 2.75) is 25.0 Å². The maximum Gasteiger partial charge on any atom is 0.296 e. The number of hydrogen-bond acceptors (Lipinski definition) is 5. The first-order valence-corrected chi connectivity index (χ1v) is 8.30. The Balaban J connectivity index is 2.68. The predicted molar refractivity (Wildman–Crippen MR) is 75.4 cm³/mol. The molecular weight excluding hydrogens is 321 g/mol. The minimum atomic E-state index is -4.03. The summed E-state index contributed by atoms with van der Waals surface area (Å²) in [5.74, 6) is -0.231. The van der Waals surface area contributed by atoms with E-state index in [2.05, 4.69) is 10.2 Å². The van der Waals surface area contributed by atoms with Gasteiger partial charge in [0.05, 0.1) is 7.11 Å². The maximum atomic E-state index is 13.5. The standard InChI is InChI=1S/C12H13ClFN3O3S/c1-7(2)17-11(15-16-12(17)21(13,18)19)8-4-5-9(14)10(6-8)20-3/h4-7H,1-3H3. The van der Waals surface area contributed by atoms with E-state index < -0.39 is 14.9 Å². The Kier molecular flexibility index (Phi) is 4.20. The zero-order valence-electron chi connectivity index (χ0n) is 11.5. The Morgan fingerprint density at radius 1 is 1.33 bits per heavy atom. The van der Waals surface area contributed by atoms with Crippen molar-refractivity contribution in [3.05, 3.63) is 24.0 Å². The smallest absolute Gasteiger partial charge is 0.296 e. The molecule has 9 heteroatoms. The normalized spacial score (nSPS) is 11.9. The highest BCUT2D eigenvalue weighted by atomic mass is 35.7. The monoisotopic (exact) mass is 333 g/mol. The summed E-state index contributed by atoms with van der Waals surface area (Å²) in [6, 6.07) is 3.84. The minimum Gasteiger partial charge on any atom is -0.494 e. The molecule has 114 valence electrons. The van der Waals surface area contributed by atoms with Crippen molar-refractivity contribution >= 4 is 19.7 Å². The van der Waals surface area contributed by atoms with Gasteiger partial charge in [0.2, 0.25) is 0 Å². The SMILES string of the molecule is COc1cc(-c2nnc(S(=O)(=O)Cl)n2C(C)C)ccc1F. The van der Waals surface area contributed by atoms with Crippen LogP contribution in [0.3, 0.4) is 0 Å². The average Bonchev–Trinajstić information content (AvgIpc) is 2.84. The molecule has 0 unspecified atom stereocenters. The van der Waals surface area contributed by atoms with Crippen LogP contribution in [0.4, 0.5) is 4.39 Å². The fourth-order valence-electron chi connectivity index (χ4n) is 1.90. The molecule has 0 aliphatic rings. The van der Waals surface area contributed by atoms with Gasteiger partial charge in [-0.15, -0.1) is 10.2 Å². The van der Waals surface area contributed by atoms with Crippen molar-refractivity contribution in [3.8, 4) is 17.1 Å². The summed E-state index contributed by atoms with van der Waals surface area (Å²) in [6.07, 6.45) is 0. The highest BCUT2D eigenvalue weighted by Gasteiger charge is 2.25. The van der Waals surface area contributed by atoms with Crippen LogP contribution in [0.2, 0.25) is 0 Å². The van der Waals surface area contributed by atoms with Gasteiger partial charge >= 0.3 is 0 Å². The van der Waals surface area contributed by atoms with Crippen LogP contribution in [-0.4, -0.2) is 30.3 Å². The molecule has 21 heavy (non-hydrogen) atoms. The van der Waals surface area contributed by atoms with Gasteiger partial charge in [-0.25, -0.2) is 12.8 Å². The van der Waals surface area contributed by atoms with Gasteiger partial charge in [0.25, 0.3) is 14.2 Å². The van der Waals surface area contributed by atoms with Crippen LogP contribution < -0.4 is 4.74 Å². The van der Waals surface area contributed by atoms with Gasteiger partial charge in [-0.1, -0.05) is 0 Å². The van der Waals surface area contributed by atoms with Gasteiger partial charge in [0.15, 0.2) is 17.4 Å². The molecule has 1 aromatic carbocycles. The fourth-order valence-corrected chi connectivity index (χ4v) is 2.89. The van der Waals surface area contributed by atoms with Crippen molar-refractivity contribution < 1.29 is 17.5 Å². The van der Waals surface area contributed by atoms with Crippen LogP contribution in [0.1, 0.15) is 19.9 Å². The Labute approximate surface area is 125 Å². The van der Waals surface area contributed by atoms with Gasteiger partial charge in [-0.2, -0.15) is 0 Å². The Hall–Kier alpha value is -1.67. The van der Waals surface area contributed by atoms with E-state index in [0.29, 0.717) is 5.56 Å². The minimum absolute atomic E-state index is 0.0288. The van der Waals surface area contributed by atoms with E-state index in [9.17, 15) is 12.8 Å². The van der Waals surface area contributed by atoms with Crippen LogP contribution >= 0.6 is 10.7 Å². The molecule has 0 N–H and O–H groups in total. The molecule has 0 amide bonds. The number of rotatable bonds is 4. The van der Waals surface area contributed by atoms with Crippen molar-refractivity contribution in [2.24, 2.45) is 0 Å². The van der Waals surface area contributed by atoms with Gasteiger partial charge < -0.3 is 4.74 Å². The molecule has 0 radical (unpaired) electrons. The molecule has 0 atom stereocenters. The maximum absolute atomic E-state index is 13.5. The van der Waals surface area contributed by atoms with Crippen LogP contribution in [0.5, 0.6) is 5.75 Å². The number of hydrogen-bond donors (Lipinski definition) is 0. The molecule has 2 rings (SSSR count). The molecule has 2 aromatic rings. The first-order chi connectivity index (χ1) is 9.75. The second-order valence-corrected chi connectivity index (χ2v) is 7.02. The summed E-state index contributed by atoms with van der Waals surface area (Å²) in [5, 5.41) is 7.12. The van der Waals surface area contributed by atoms with Crippen LogP contribution in [0.25, 0.3) is 11.4 Å². The number of aromatic nitrogens is 3. The average molecular weight is 334 g/mol. The summed E-state index contributed by atoms with van der Waals surface area (Å²) >= 11 is 0. The highest BCUT2D eigenvalue weighted by Crippen LogP contribution is 2.29. The number of ether oxygens (including phenoxy) is 1. The second-order valence-electron chi connectivity index (χ2n) is 4.56. The van der Waals surface area contributed by atoms with E-state index in [4.69, 9.17) is 15.4 Å². The lowest BCUT2D eigenvalue weighted by atomic mass is 10.2.